The topological polar surface area (TPSA) is 58.3 Å². The van der Waals surface area contributed by atoms with E-state index in [4.69, 9.17) is 0 Å². The Hall–Kier alpha value is -2.15. The smallest absolute Gasteiger partial charge is 0.121 e. The maximum absolute atomic E-state index is 10.6. The van der Waals surface area contributed by atoms with Crippen molar-refractivity contribution in [2.24, 2.45) is 0 Å². The molecule has 4 nitrogen and oxygen atoms in total. The van der Waals surface area contributed by atoms with Crippen LogP contribution >= 0.6 is 31.9 Å². The predicted octanol–water partition coefficient (Wildman–Crippen LogP) is 6.06. The van der Waals surface area contributed by atoms with Crippen LogP contribution in [0.25, 0.3) is 10.9 Å². The van der Waals surface area contributed by atoms with E-state index in [-0.39, 0.29) is 5.75 Å². The van der Waals surface area contributed by atoms with Gasteiger partial charge in [-0.15, -0.1) is 0 Å². The predicted molar refractivity (Wildman–Crippen MR) is 119 cm³/mol. The zero-order valence-corrected chi connectivity index (χ0v) is 18.4. The molecule has 0 aliphatic rings. The number of rotatable bonds is 3. The summed E-state index contributed by atoms with van der Waals surface area (Å²) in [5, 5.41) is 25.4. The van der Waals surface area contributed by atoms with Crippen molar-refractivity contribution in [3.05, 3.63) is 93.0 Å². The minimum Gasteiger partial charge on any atom is -0.508 e. The van der Waals surface area contributed by atoms with Crippen molar-refractivity contribution < 1.29 is 10.2 Å². The van der Waals surface area contributed by atoms with Crippen molar-refractivity contribution in [3.8, 4) is 5.75 Å². The van der Waals surface area contributed by atoms with Crippen LogP contribution in [0.2, 0.25) is 0 Å². The molecule has 0 spiro atoms. The molecule has 6 heteroatoms. The number of hydrogen-bond donors (Lipinski definition) is 2. The molecule has 4 rings (SSSR count). The molecule has 0 aliphatic heterocycles. The Morgan fingerprint density at radius 2 is 1.57 bits per heavy atom. The van der Waals surface area contributed by atoms with Gasteiger partial charge in [0.2, 0.25) is 0 Å². The fourth-order valence-electron chi connectivity index (χ4n) is 2.90. The number of aliphatic hydroxyl groups excluding tert-OH is 1. The summed E-state index contributed by atoms with van der Waals surface area (Å²) < 4.78 is 4.03. The molecular weight excluding hydrogens is 484 g/mol. The number of phenols is 1. The fraction of sp³-hybridized carbons (Fsp3) is 0.136. The largest absolute Gasteiger partial charge is 0.508 e. The summed E-state index contributed by atoms with van der Waals surface area (Å²) in [6.07, 6.45) is -0.761. The van der Waals surface area contributed by atoms with Gasteiger partial charge in [-0.05, 0) is 48.9 Å². The lowest BCUT2D eigenvalue weighted by Crippen LogP contribution is -2.09. The molecule has 2 N–H and O–H groups in total. The van der Waals surface area contributed by atoms with Crippen molar-refractivity contribution >= 4 is 42.8 Å². The van der Waals surface area contributed by atoms with E-state index in [0.29, 0.717) is 6.54 Å². The summed E-state index contributed by atoms with van der Waals surface area (Å²) in [4.78, 5) is 0. The first-order chi connectivity index (χ1) is 13.5. The summed E-state index contributed by atoms with van der Waals surface area (Å²) >= 11 is 6.66. The van der Waals surface area contributed by atoms with Crippen LogP contribution in [0.15, 0.2) is 81.7 Å². The van der Waals surface area contributed by atoms with Crippen LogP contribution in [0, 0.1) is 0 Å². The van der Waals surface area contributed by atoms with Crippen LogP contribution in [0.4, 0.5) is 0 Å². The molecule has 1 unspecified atom stereocenters. The molecule has 3 aromatic carbocycles. The normalized spacial score (nSPS) is 11.7. The molecule has 0 radical (unpaired) electrons. The Bertz CT molecular complexity index is 1040. The minimum atomic E-state index is -0.761. The quantitative estimate of drug-likeness (QED) is 0.357. The maximum atomic E-state index is 10.6. The first-order valence-corrected chi connectivity index (χ1v) is 10.4. The van der Waals surface area contributed by atoms with Crippen molar-refractivity contribution in [1.29, 1.82) is 0 Å². The van der Waals surface area contributed by atoms with Crippen LogP contribution in [-0.4, -0.2) is 20.0 Å². The fourth-order valence-corrected chi connectivity index (χ4v) is 4.01. The Kier molecular flexibility index (Phi) is 6.88. The summed E-state index contributed by atoms with van der Waals surface area (Å²) in [6, 6.07) is 22.3. The summed E-state index contributed by atoms with van der Waals surface area (Å²) in [5.74, 6) is 0.190. The van der Waals surface area contributed by atoms with E-state index in [1.807, 2.05) is 60.1 Å². The number of benzene rings is 3. The molecule has 28 heavy (non-hydrogen) atoms. The van der Waals surface area contributed by atoms with E-state index >= 15 is 0 Å². The standard InChI is InChI=1S/C16H16N2O2.C6H4Br2/c1-2-18-15(13-5-3-4-6-14(13)17-18)16(20)11-7-9-12(19)10-8-11;7-5-2-1-3-6(8)4-5/h3-10,16,19-20H,2H2,1H3;1-4H. The number of aromatic nitrogens is 2. The van der Waals surface area contributed by atoms with Gasteiger partial charge in [0.25, 0.3) is 0 Å². The average molecular weight is 504 g/mol. The monoisotopic (exact) mass is 502 g/mol. The first-order valence-electron chi connectivity index (χ1n) is 8.83. The molecule has 0 amide bonds. The van der Waals surface area contributed by atoms with Crippen LogP contribution in [-0.2, 0) is 6.54 Å². The number of aliphatic hydroxyl groups is 1. The van der Waals surface area contributed by atoms with E-state index in [9.17, 15) is 10.2 Å². The van der Waals surface area contributed by atoms with Crippen LogP contribution in [0.5, 0.6) is 5.75 Å². The number of nitrogens with zero attached hydrogens (tertiary/aromatic N) is 2. The van der Waals surface area contributed by atoms with Gasteiger partial charge in [0.05, 0.1) is 11.2 Å². The molecule has 1 aromatic heterocycles. The van der Waals surface area contributed by atoms with Crippen LogP contribution in [0.3, 0.4) is 0 Å². The van der Waals surface area contributed by atoms with Crippen molar-refractivity contribution in [3.63, 3.8) is 0 Å². The summed E-state index contributed by atoms with van der Waals surface area (Å²) in [5.41, 5.74) is 2.40. The third kappa shape index (κ3) is 4.82. The second-order valence-corrected chi connectivity index (χ2v) is 7.98. The van der Waals surface area contributed by atoms with Crippen LogP contribution < -0.4 is 0 Å². The van der Waals surface area contributed by atoms with E-state index < -0.39 is 6.10 Å². The van der Waals surface area contributed by atoms with Gasteiger partial charge in [0.1, 0.15) is 11.9 Å². The van der Waals surface area contributed by atoms with Gasteiger partial charge in [0, 0.05) is 20.9 Å². The van der Waals surface area contributed by atoms with Crippen molar-refractivity contribution in [2.45, 2.75) is 19.6 Å². The highest BCUT2D eigenvalue weighted by Gasteiger charge is 2.19. The second-order valence-electron chi connectivity index (χ2n) is 6.15. The van der Waals surface area contributed by atoms with Crippen molar-refractivity contribution in [2.75, 3.05) is 0 Å². The lowest BCUT2D eigenvalue weighted by atomic mass is 10.0. The number of hydrogen-bond acceptors (Lipinski definition) is 3. The summed E-state index contributed by atoms with van der Waals surface area (Å²) in [6.45, 7) is 2.69. The number of fused-ring (bicyclic) bond motifs is 1. The molecule has 1 heterocycles. The molecule has 1 atom stereocenters. The van der Waals surface area contributed by atoms with Gasteiger partial charge in [-0.1, -0.05) is 68.3 Å². The average Bonchev–Trinajstić information content (AvgIpc) is 3.07. The number of halogens is 2. The molecule has 0 aliphatic carbocycles. The molecule has 0 bridgehead atoms. The van der Waals surface area contributed by atoms with Gasteiger partial charge in [-0.2, -0.15) is 5.10 Å². The zero-order chi connectivity index (χ0) is 20.1. The lowest BCUT2D eigenvalue weighted by molar-refractivity contribution is 0.209. The highest BCUT2D eigenvalue weighted by Crippen LogP contribution is 2.29. The SMILES string of the molecule is Brc1cccc(Br)c1.CCn1nc2ccccc2c1C(O)c1ccc(O)cc1. The number of phenolic OH excluding ortho intramolecular Hbond substituents is 1. The number of aromatic hydroxyl groups is 1. The molecule has 0 saturated heterocycles. The van der Waals surface area contributed by atoms with Gasteiger partial charge >= 0.3 is 0 Å². The molecular formula is C22H20Br2N2O2. The Morgan fingerprint density at radius 1 is 0.929 bits per heavy atom. The van der Waals surface area contributed by atoms with Gasteiger partial charge < -0.3 is 10.2 Å². The van der Waals surface area contributed by atoms with E-state index in [1.165, 1.54) is 0 Å². The van der Waals surface area contributed by atoms with E-state index in [0.717, 1.165) is 31.1 Å². The highest BCUT2D eigenvalue weighted by atomic mass is 79.9. The summed E-state index contributed by atoms with van der Waals surface area (Å²) in [7, 11) is 0. The Morgan fingerprint density at radius 3 is 2.14 bits per heavy atom. The molecule has 0 fully saturated rings. The Balaban J connectivity index is 0.000000236. The number of aryl methyl sites for hydroxylation is 1. The van der Waals surface area contributed by atoms with Gasteiger partial charge in [-0.25, -0.2) is 0 Å². The van der Waals surface area contributed by atoms with Crippen LogP contribution in [0.1, 0.15) is 24.3 Å². The van der Waals surface area contributed by atoms with Gasteiger partial charge in [0.15, 0.2) is 0 Å². The Labute approximate surface area is 180 Å². The van der Waals surface area contributed by atoms with Gasteiger partial charge in [-0.3, -0.25) is 4.68 Å². The van der Waals surface area contributed by atoms with Crippen molar-refractivity contribution in [1.82, 2.24) is 9.78 Å². The van der Waals surface area contributed by atoms with E-state index in [2.05, 4.69) is 37.0 Å². The lowest BCUT2D eigenvalue weighted by Gasteiger charge is -2.13. The highest BCUT2D eigenvalue weighted by molar-refractivity contribution is 9.11. The minimum absolute atomic E-state index is 0.190. The third-order valence-electron chi connectivity index (χ3n) is 4.24. The third-order valence-corrected chi connectivity index (χ3v) is 5.23. The first kappa shape index (κ1) is 20.6. The second kappa shape index (κ2) is 9.37. The van der Waals surface area contributed by atoms with E-state index in [1.54, 1.807) is 24.3 Å². The molecule has 4 aromatic rings. The maximum Gasteiger partial charge on any atom is 0.121 e. The molecule has 0 saturated carbocycles. The zero-order valence-electron chi connectivity index (χ0n) is 15.3. The molecule has 144 valence electrons.